The number of ether oxygens (including phenoxy) is 2. The van der Waals surface area contributed by atoms with Gasteiger partial charge in [0.2, 0.25) is 11.2 Å². The van der Waals surface area contributed by atoms with Gasteiger partial charge in [-0.25, -0.2) is 0 Å². The van der Waals surface area contributed by atoms with E-state index in [1.807, 2.05) is 39.0 Å². The van der Waals surface area contributed by atoms with Crippen LogP contribution in [-0.4, -0.2) is 0 Å². The van der Waals surface area contributed by atoms with Crippen LogP contribution in [0.15, 0.2) is 70.1 Å². The summed E-state index contributed by atoms with van der Waals surface area (Å²) in [5.74, 6) is 1.29. The lowest BCUT2D eigenvalue weighted by Gasteiger charge is -2.10. The molecule has 0 amide bonds. The van der Waals surface area contributed by atoms with Crippen molar-refractivity contribution in [3.05, 3.63) is 98.4 Å². The molecule has 1 heterocycles. The van der Waals surface area contributed by atoms with Crippen LogP contribution in [0.25, 0.3) is 11.0 Å². The normalized spacial score (nSPS) is 10.9. The highest BCUT2D eigenvalue weighted by Crippen LogP contribution is 2.29. The number of hydrogen-bond donors (Lipinski definition) is 0. The van der Waals surface area contributed by atoms with Crippen LogP contribution in [0.2, 0.25) is 5.02 Å². The number of benzene rings is 3. The molecule has 30 heavy (non-hydrogen) atoms. The van der Waals surface area contributed by atoms with Crippen LogP contribution in [0.5, 0.6) is 17.2 Å². The van der Waals surface area contributed by atoms with E-state index in [4.69, 9.17) is 25.5 Å². The van der Waals surface area contributed by atoms with Crippen LogP contribution < -0.4 is 14.9 Å². The van der Waals surface area contributed by atoms with Crippen molar-refractivity contribution in [1.82, 2.24) is 0 Å². The minimum Gasteiger partial charge on any atom is -0.489 e. The van der Waals surface area contributed by atoms with Gasteiger partial charge in [0, 0.05) is 11.1 Å². The van der Waals surface area contributed by atoms with Crippen LogP contribution in [-0.2, 0) is 6.61 Å². The molecule has 152 valence electrons. The summed E-state index contributed by atoms with van der Waals surface area (Å²) in [6, 6.07) is 16.9. The zero-order valence-corrected chi connectivity index (χ0v) is 17.7. The molecular formula is C25H21ClO4. The van der Waals surface area contributed by atoms with E-state index in [1.165, 1.54) is 11.8 Å². The molecule has 0 aliphatic heterocycles. The Morgan fingerprint density at radius 2 is 1.70 bits per heavy atom. The SMILES string of the molecule is Cc1cccc(COc2ccc3c(=O)c(Oc4cc(C)c(Cl)c(C)c4)coc3c2)c1. The Kier molecular flexibility index (Phi) is 5.51. The van der Waals surface area contributed by atoms with Crippen molar-refractivity contribution in [2.45, 2.75) is 27.4 Å². The van der Waals surface area contributed by atoms with Crippen LogP contribution in [0.4, 0.5) is 0 Å². The first-order valence-corrected chi connectivity index (χ1v) is 9.97. The second-order valence-electron chi connectivity index (χ2n) is 7.34. The van der Waals surface area contributed by atoms with E-state index in [1.54, 1.807) is 30.3 Å². The smallest absolute Gasteiger partial charge is 0.235 e. The van der Waals surface area contributed by atoms with Gasteiger partial charge in [-0.3, -0.25) is 4.79 Å². The molecule has 0 bridgehead atoms. The van der Waals surface area contributed by atoms with Gasteiger partial charge in [0.05, 0.1) is 5.39 Å². The van der Waals surface area contributed by atoms with Gasteiger partial charge in [0.1, 0.15) is 30.0 Å². The second kappa shape index (κ2) is 8.25. The van der Waals surface area contributed by atoms with Gasteiger partial charge in [0.25, 0.3) is 0 Å². The molecule has 0 N–H and O–H groups in total. The Bertz CT molecular complexity index is 1270. The van der Waals surface area contributed by atoms with Gasteiger partial charge in [-0.1, -0.05) is 41.4 Å². The third-order valence-corrected chi connectivity index (χ3v) is 5.44. The van der Waals surface area contributed by atoms with E-state index < -0.39 is 0 Å². The minimum atomic E-state index is -0.244. The molecule has 0 saturated heterocycles. The fourth-order valence-electron chi connectivity index (χ4n) is 3.31. The van der Waals surface area contributed by atoms with Crippen LogP contribution in [0, 0.1) is 20.8 Å². The Morgan fingerprint density at radius 3 is 2.43 bits per heavy atom. The van der Waals surface area contributed by atoms with Crippen molar-refractivity contribution in [3.63, 3.8) is 0 Å². The molecule has 4 nitrogen and oxygen atoms in total. The van der Waals surface area contributed by atoms with Crippen LogP contribution >= 0.6 is 11.6 Å². The largest absolute Gasteiger partial charge is 0.489 e. The van der Waals surface area contributed by atoms with Crippen LogP contribution in [0.3, 0.4) is 0 Å². The molecule has 4 aromatic rings. The zero-order chi connectivity index (χ0) is 21.3. The van der Waals surface area contributed by atoms with Gasteiger partial charge >= 0.3 is 0 Å². The van der Waals surface area contributed by atoms with Crippen molar-refractivity contribution in [2.75, 3.05) is 0 Å². The average molecular weight is 421 g/mol. The molecule has 3 aromatic carbocycles. The molecular weight excluding hydrogens is 400 g/mol. The molecule has 0 saturated carbocycles. The van der Waals surface area contributed by atoms with Gasteiger partial charge in [-0.05, 0) is 61.7 Å². The maximum atomic E-state index is 12.8. The Morgan fingerprint density at radius 1 is 0.933 bits per heavy atom. The molecule has 5 heteroatoms. The monoisotopic (exact) mass is 420 g/mol. The van der Waals surface area contributed by atoms with E-state index >= 15 is 0 Å². The van der Waals surface area contributed by atoms with Gasteiger partial charge in [-0.2, -0.15) is 0 Å². The van der Waals surface area contributed by atoms with E-state index in [0.29, 0.717) is 34.1 Å². The fraction of sp³-hybridized carbons (Fsp3) is 0.160. The molecule has 0 atom stereocenters. The highest BCUT2D eigenvalue weighted by atomic mass is 35.5. The summed E-state index contributed by atoms with van der Waals surface area (Å²) in [5, 5.41) is 1.11. The molecule has 0 aliphatic carbocycles. The quantitative estimate of drug-likeness (QED) is 0.358. The third kappa shape index (κ3) is 4.19. The van der Waals surface area contributed by atoms with E-state index in [0.717, 1.165) is 16.7 Å². The maximum absolute atomic E-state index is 12.8. The number of fused-ring (bicyclic) bond motifs is 1. The van der Waals surface area contributed by atoms with Gasteiger partial charge in [0.15, 0.2) is 0 Å². The Labute approximate surface area is 179 Å². The average Bonchev–Trinajstić information content (AvgIpc) is 2.72. The number of rotatable bonds is 5. The standard InChI is InChI=1S/C25H21ClO4/c1-15-5-4-6-18(9-15)13-28-19-7-8-21-22(12-19)29-14-23(25(21)27)30-20-10-16(2)24(26)17(3)11-20/h4-12,14H,13H2,1-3H3. The Balaban J connectivity index is 1.57. The first-order chi connectivity index (χ1) is 14.4. The van der Waals surface area contributed by atoms with Crippen molar-refractivity contribution >= 4 is 22.6 Å². The van der Waals surface area contributed by atoms with E-state index in [-0.39, 0.29) is 11.2 Å². The first-order valence-electron chi connectivity index (χ1n) is 9.59. The van der Waals surface area contributed by atoms with Gasteiger partial charge < -0.3 is 13.9 Å². The van der Waals surface area contributed by atoms with Crippen molar-refractivity contribution in [3.8, 4) is 17.2 Å². The fourth-order valence-corrected chi connectivity index (χ4v) is 3.42. The van der Waals surface area contributed by atoms with Crippen LogP contribution in [0.1, 0.15) is 22.3 Å². The summed E-state index contributed by atoms with van der Waals surface area (Å²) in [4.78, 5) is 12.8. The van der Waals surface area contributed by atoms with Crippen molar-refractivity contribution in [1.29, 1.82) is 0 Å². The first kappa shape index (κ1) is 20.0. The topological polar surface area (TPSA) is 48.7 Å². The summed E-state index contributed by atoms with van der Waals surface area (Å²) in [6.45, 7) is 6.26. The highest BCUT2D eigenvalue weighted by Gasteiger charge is 2.12. The van der Waals surface area contributed by atoms with Gasteiger partial charge in [-0.15, -0.1) is 0 Å². The molecule has 4 rings (SSSR count). The molecule has 0 fully saturated rings. The third-order valence-electron chi connectivity index (χ3n) is 4.84. The molecule has 0 spiro atoms. The lowest BCUT2D eigenvalue weighted by molar-refractivity contribution is 0.306. The zero-order valence-electron chi connectivity index (χ0n) is 17.0. The van der Waals surface area contributed by atoms with E-state index in [2.05, 4.69) is 6.07 Å². The number of halogens is 1. The second-order valence-corrected chi connectivity index (χ2v) is 7.72. The predicted molar refractivity (Wildman–Crippen MR) is 119 cm³/mol. The lowest BCUT2D eigenvalue weighted by Crippen LogP contribution is -2.05. The Hall–Kier alpha value is -3.24. The maximum Gasteiger partial charge on any atom is 0.235 e. The van der Waals surface area contributed by atoms with Crippen molar-refractivity contribution in [2.24, 2.45) is 0 Å². The summed E-state index contributed by atoms with van der Waals surface area (Å²) < 4.78 is 17.3. The summed E-state index contributed by atoms with van der Waals surface area (Å²) in [5.41, 5.74) is 4.22. The molecule has 0 aliphatic rings. The highest BCUT2D eigenvalue weighted by molar-refractivity contribution is 6.32. The molecule has 0 unspecified atom stereocenters. The van der Waals surface area contributed by atoms with Crippen molar-refractivity contribution < 1.29 is 13.9 Å². The number of aryl methyl sites for hydroxylation is 3. The summed E-state index contributed by atoms with van der Waals surface area (Å²) >= 11 is 6.20. The molecule has 1 aromatic heterocycles. The lowest BCUT2D eigenvalue weighted by atomic mass is 10.1. The predicted octanol–water partition coefficient (Wildman–Crippen LogP) is 6.74. The summed E-state index contributed by atoms with van der Waals surface area (Å²) in [7, 11) is 0. The molecule has 0 radical (unpaired) electrons. The number of hydrogen-bond acceptors (Lipinski definition) is 4. The minimum absolute atomic E-state index is 0.122. The van der Waals surface area contributed by atoms with E-state index in [9.17, 15) is 4.79 Å². The summed E-state index contributed by atoms with van der Waals surface area (Å²) in [6.07, 6.45) is 1.33.